The van der Waals surface area contributed by atoms with Gasteiger partial charge in [-0.25, -0.2) is 0 Å². The number of hydrogen-bond acceptors (Lipinski definition) is 2. The summed E-state index contributed by atoms with van der Waals surface area (Å²) in [4.78, 5) is 0. The molecule has 0 spiro atoms. The van der Waals surface area contributed by atoms with E-state index >= 15 is 0 Å². The second-order valence-electron chi connectivity index (χ2n) is 2.94. The van der Waals surface area contributed by atoms with Crippen molar-refractivity contribution in [1.82, 2.24) is 5.32 Å². The van der Waals surface area contributed by atoms with Gasteiger partial charge >= 0.3 is 0 Å². The molecule has 0 radical (unpaired) electrons. The summed E-state index contributed by atoms with van der Waals surface area (Å²) >= 11 is 0. The van der Waals surface area contributed by atoms with Crippen LogP contribution in [0.3, 0.4) is 0 Å². The molecular formula is C7H18N2. The zero-order valence-corrected chi connectivity index (χ0v) is 6.65. The molecule has 0 aliphatic heterocycles. The van der Waals surface area contributed by atoms with Crippen LogP contribution in [0.5, 0.6) is 0 Å². The highest BCUT2D eigenvalue weighted by Gasteiger charge is 1.97. The fraction of sp³-hybridized carbons (Fsp3) is 1.00. The summed E-state index contributed by atoms with van der Waals surface area (Å²) < 4.78 is 0. The average Bonchev–Trinajstić information content (AvgIpc) is 1.83. The molecule has 56 valence electrons. The quantitative estimate of drug-likeness (QED) is 0.584. The first-order chi connectivity index (χ1) is 4.16. The molecule has 0 heterocycles. The molecule has 1 unspecified atom stereocenters. The summed E-state index contributed by atoms with van der Waals surface area (Å²) in [6.45, 7) is 8.28. The van der Waals surface area contributed by atoms with Gasteiger partial charge in [0.25, 0.3) is 0 Å². The largest absolute Gasteiger partial charge is 0.329 e. The molecule has 2 nitrogen and oxygen atoms in total. The van der Waals surface area contributed by atoms with Gasteiger partial charge in [-0.3, -0.25) is 0 Å². The van der Waals surface area contributed by atoms with Crippen molar-refractivity contribution in [2.45, 2.75) is 26.8 Å². The molecule has 0 saturated carbocycles. The number of rotatable bonds is 4. The molecule has 0 bridgehead atoms. The van der Waals surface area contributed by atoms with Crippen molar-refractivity contribution in [3.05, 3.63) is 0 Å². The predicted octanol–water partition coefficient (Wildman–Crippen LogP) is 0.579. The minimum absolute atomic E-state index is 0.465. The topological polar surface area (TPSA) is 38.0 Å². The molecular weight excluding hydrogens is 112 g/mol. The van der Waals surface area contributed by atoms with Crippen LogP contribution in [-0.2, 0) is 0 Å². The van der Waals surface area contributed by atoms with Crippen LogP contribution in [-0.4, -0.2) is 19.1 Å². The van der Waals surface area contributed by atoms with Crippen LogP contribution in [0.4, 0.5) is 0 Å². The van der Waals surface area contributed by atoms with Crippen LogP contribution in [0.1, 0.15) is 20.8 Å². The lowest BCUT2D eigenvalue weighted by molar-refractivity contribution is 0.489. The Labute approximate surface area is 57.8 Å². The van der Waals surface area contributed by atoms with Crippen LogP contribution in [0.15, 0.2) is 0 Å². The van der Waals surface area contributed by atoms with E-state index in [9.17, 15) is 0 Å². The van der Waals surface area contributed by atoms with Gasteiger partial charge in [-0.15, -0.1) is 0 Å². The lowest BCUT2D eigenvalue weighted by Gasteiger charge is -2.12. The summed E-state index contributed by atoms with van der Waals surface area (Å²) in [6.07, 6.45) is 0. The predicted molar refractivity (Wildman–Crippen MR) is 41.4 cm³/mol. The van der Waals surface area contributed by atoms with Gasteiger partial charge < -0.3 is 11.1 Å². The second-order valence-corrected chi connectivity index (χ2v) is 2.94. The molecule has 3 N–H and O–H groups in total. The molecule has 0 aromatic carbocycles. The van der Waals surface area contributed by atoms with Crippen molar-refractivity contribution in [2.24, 2.45) is 11.7 Å². The van der Waals surface area contributed by atoms with Gasteiger partial charge in [-0.1, -0.05) is 13.8 Å². The third-order valence-electron chi connectivity index (χ3n) is 1.23. The minimum Gasteiger partial charge on any atom is -0.329 e. The molecule has 0 saturated heterocycles. The normalized spacial score (nSPS) is 14.3. The molecule has 0 fully saturated rings. The number of nitrogens with one attached hydrogen (secondary N) is 1. The van der Waals surface area contributed by atoms with Gasteiger partial charge in [0.2, 0.25) is 0 Å². The Hall–Kier alpha value is -0.0800. The third-order valence-corrected chi connectivity index (χ3v) is 1.23. The molecule has 0 aromatic rings. The highest BCUT2D eigenvalue weighted by Crippen LogP contribution is 1.88. The first kappa shape index (κ1) is 8.92. The van der Waals surface area contributed by atoms with Gasteiger partial charge in [0.15, 0.2) is 0 Å². The van der Waals surface area contributed by atoms with Crippen molar-refractivity contribution < 1.29 is 0 Å². The van der Waals surface area contributed by atoms with E-state index in [0.717, 1.165) is 19.0 Å². The first-order valence-corrected chi connectivity index (χ1v) is 3.60. The SMILES string of the molecule is CC(C)CNC(C)CN. The summed E-state index contributed by atoms with van der Waals surface area (Å²) in [5.74, 6) is 0.721. The second kappa shape index (κ2) is 4.77. The van der Waals surface area contributed by atoms with E-state index in [-0.39, 0.29) is 0 Å². The maximum Gasteiger partial charge on any atom is 0.0162 e. The Morgan fingerprint density at radius 1 is 1.33 bits per heavy atom. The zero-order valence-electron chi connectivity index (χ0n) is 6.65. The van der Waals surface area contributed by atoms with Crippen LogP contribution in [0, 0.1) is 5.92 Å². The summed E-state index contributed by atoms with van der Waals surface area (Å²) in [5.41, 5.74) is 5.40. The van der Waals surface area contributed by atoms with E-state index in [2.05, 4.69) is 26.1 Å². The summed E-state index contributed by atoms with van der Waals surface area (Å²) in [5, 5.41) is 3.31. The lowest BCUT2D eigenvalue weighted by atomic mass is 10.2. The van der Waals surface area contributed by atoms with Gasteiger partial charge in [0.1, 0.15) is 0 Å². The molecule has 9 heavy (non-hydrogen) atoms. The smallest absolute Gasteiger partial charge is 0.0162 e. The molecule has 0 amide bonds. The Kier molecular flexibility index (Phi) is 4.72. The van der Waals surface area contributed by atoms with E-state index in [4.69, 9.17) is 5.73 Å². The van der Waals surface area contributed by atoms with Gasteiger partial charge in [0.05, 0.1) is 0 Å². The Morgan fingerprint density at radius 2 is 1.89 bits per heavy atom. The standard InChI is InChI=1S/C7H18N2/c1-6(2)5-9-7(3)4-8/h6-7,9H,4-5,8H2,1-3H3. The molecule has 0 rings (SSSR count). The van der Waals surface area contributed by atoms with Crippen molar-refractivity contribution >= 4 is 0 Å². The van der Waals surface area contributed by atoms with Gasteiger partial charge in [-0.05, 0) is 19.4 Å². The average molecular weight is 130 g/mol. The molecule has 2 heteroatoms. The molecule has 0 aromatic heterocycles. The summed E-state index contributed by atoms with van der Waals surface area (Å²) in [7, 11) is 0. The monoisotopic (exact) mass is 130 g/mol. The zero-order chi connectivity index (χ0) is 7.28. The Morgan fingerprint density at radius 3 is 2.22 bits per heavy atom. The van der Waals surface area contributed by atoms with E-state index in [1.54, 1.807) is 0 Å². The maximum atomic E-state index is 5.40. The molecule has 0 aliphatic rings. The lowest BCUT2D eigenvalue weighted by Crippen LogP contribution is -2.35. The van der Waals surface area contributed by atoms with E-state index in [1.807, 2.05) is 0 Å². The Bertz CT molecular complexity index is 61.9. The fourth-order valence-corrected chi connectivity index (χ4v) is 0.520. The van der Waals surface area contributed by atoms with Gasteiger partial charge in [0, 0.05) is 12.6 Å². The van der Waals surface area contributed by atoms with Gasteiger partial charge in [-0.2, -0.15) is 0 Å². The molecule has 1 atom stereocenters. The van der Waals surface area contributed by atoms with Crippen LogP contribution >= 0.6 is 0 Å². The minimum atomic E-state index is 0.465. The van der Waals surface area contributed by atoms with Crippen molar-refractivity contribution in [3.8, 4) is 0 Å². The number of nitrogens with two attached hydrogens (primary N) is 1. The fourth-order valence-electron chi connectivity index (χ4n) is 0.520. The Balaban J connectivity index is 3.06. The van der Waals surface area contributed by atoms with Crippen LogP contribution in [0.2, 0.25) is 0 Å². The van der Waals surface area contributed by atoms with Crippen LogP contribution < -0.4 is 11.1 Å². The van der Waals surface area contributed by atoms with E-state index < -0.39 is 0 Å². The van der Waals surface area contributed by atoms with Crippen molar-refractivity contribution in [1.29, 1.82) is 0 Å². The first-order valence-electron chi connectivity index (χ1n) is 3.60. The maximum absolute atomic E-state index is 5.40. The van der Waals surface area contributed by atoms with Crippen molar-refractivity contribution in [3.63, 3.8) is 0 Å². The number of hydrogen-bond donors (Lipinski definition) is 2. The van der Waals surface area contributed by atoms with E-state index in [0.29, 0.717) is 6.04 Å². The highest BCUT2D eigenvalue weighted by atomic mass is 14.9. The summed E-state index contributed by atoms with van der Waals surface area (Å²) in [6, 6.07) is 0.465. The van der Waals surface area contributed by atoms with Crippen molar-refractivity contribution in [2.75, 3.05) is 13.1 Å². The third kappa shape index (κ3) is 5.80. The highest BCUT2D eigenvalue weighted by molar-refractivity contribution is 4.61. The van der Waals surface area contributed by atoms with E-state index in [1.165, 1.54) is 0 Å². The molecule has 0 aliphatic carbocycles. The van der Waals surface area contributed by atoms with Crippen LogP contribution in [0.25, 0.3) is 0 Å².